The molecule has 0 amide bonds. The van der Waals surface area contributed by atoms with Gasteiger partial charge in [-0.2, -0.15) is 0 Å². The molecule has 1 heteroatoms. The Morgan fingerprint density at radius 1 is 1.67 bits per heavy atom. The van der Waals surface area contributed by atoms with Gasteiger partial charge in [-0.05, 0) is 25.2 Å². The summed E-state index contributed by atoms with van der Waals surface area (Å²) in [7, 11) is 0. The van der Waals surface area contributed by atoms with Crippen LogP contribution in [0.5, 0.6) is 0 Å². The summed E-state index contributed by atoms with van der Waals surface area (Å²) >= 11 is 0. The lowest BCUT2D eigenvalue weighted by Crippen LogP contribution is -2.24. The maximum absolute atomic E-state index is 11.5. The Kier molecular flexibility index (Phi) is 3.51. The van der Waals surface area contributed by atoms with Crippen LogP contribution >= 0.6 is 0 Å². The third kappa shape index (κ3) is 2.20. The first-order valence-electron chi connectivity index (χ1n) is 4.89. The summed E-state index contributed by atoms with van der Waals surface area (Å²) in [5.41, 5.74) is 0. The first-order chi connectivity index (χ1) is 5.75. The molecule has 0 bridgehead atoms. The zero-order valence-electron chi connectivity index (χ0n) is 7.88. The largest absolute Gasteiger partial charge is 0.299 e. The normalized spacial score (nSPS) is 26.8. The Hall–Kier alpha value is -0.590. The van der Waals surface area contributed by atoms with Gasteiger partial charge in [0, 0.05) is 12.3 Å². The Morgan fingerprint density at radius 3 is 3.00 bits per heavy atom. The fourth-order valence-electron chi connectivity index (χ4n) is 2.04. The third-order valence-electron chi connectivity index (χ3n) is 2.83. The van der Waals surface area contributed by atoms with E-state index in [0.29, 0.717) is 17.6 Å². The van der Waals surface area contributed by atoms with Gasteiger partial charge in [-0.3, -0.25) is 4.79 Å². The second kappa shape index (κ2) is 4.44. The van der Waals surface area contributed by atoms with Crippen molar-refractivity contribution in [2.45, 2.75) is 39.0 Å². The summed E-state index contributed by atoms with van der Waals surface area (Å²) in [4.78, 5) is 11.5. The molecule has 0 N–H and O–H groups in total. The van der Waals surface area contributed by atoms with Gasteiger partial charge in [0.25, 0.3) is 0 Å². The predicted molar refractivity (Wildman–Crippen MR) is 50.9 cm³/mol. The van der Waals surface area contributed by atoms with Crippen LogP contribution in [0.4, 0.5) is 0 Å². The molecule has 0 spiro atoms. The van der Waals surface area contributed by atoms with Gasteiger partial charge in [-0.1, -0.05) is 19.4 Å². The molecule has 0 radical (unpaired) electrons. The molecule has 1 fully saturated rings. The number of carbonyl (C=O) groups excluding carboxylic acids is 1. The summed E-state index contributed by atoms with van der Waals surface area (Å²) in [6, 6.07) is 0. The smallest absolute Gasteiger partial charge is 0.136 e. The topological polar surface area (TPSA) is 17.1 Å². The fourth-order valence-corrected chi connectivity index (χ4v) is 2.04. The first-order valence-corrected chi connectivity index (χ1v) is 4.89. The fraction of sp³-hybridized carbons (Fsp3) is 0.727. The average molecular weight is 166 g/mol. The minimum absolute atomic E-state index is 0.330. The Labute approximate surface area is 74.9 Å². The van der Waals surface area contributed by atoms with Crippen LogP contribution in [0.3, 0.4) is 0 Å². The van der Waals surface area contributed by atoms with Crippen molar-refractivity contribution in [3.63, 3.8) is 0 Å². The van der Waals surface area contributed by atoms with Crippen molar-refractivity contribution in [2.24, 2.45) is 11.8 Å². The molecule has 0 aromatic carbocycles. The third-order valence-corrected chi connectivity index (χ3v) is 2.83. The summed E-state index contributed by atoms with van der Waals surface area (Å²) in [6.07, 6.45) is 7.16. The summed E-state index contributed by atoms with van der Waals surface area (Å²) < 4.78 is 0. The van der Waals surface area contributed by atoms with Crippen LogP contribution in [-0.2, 0) is 4.79 Å². The molecule has 68 valence electrons. The SMILES string of the molecule is C=CCC(C)C1CCCCC1=O. The number of rotatable bonds is 3. The minimum Gasteiger partial charge on any atom is -0.299 e. The molecule has 0 saturated heterocycles. The van der Waals surface area contributed by atoms with Crippen LogP contribution in [-0.4, -0.2) is 5.78 Å². The van der Waals surface area contributed by atoms with E-state index < -0.39 is 0 Å². The predicted octanol–water partition coefficient (Wildman–Crippen LogP) is 2.96. The van der Waals surface area contributed by atoms with E-state index in [1.165, 1.54) is 6.42 Å². The molecule has 1 nitrogen and oxygen atoms in total. The highest BCUT2D eigenvalue weighted by molar-refractivity contribution is 5.81. The number of carbonyl (C=O) groups is 1. The van der Waals surface area contributed by atoms with Crippen LogP contribution in [0.25, 0.3) is 0 Å². The highest BCUT2D eigenvalue weighted by Crippen LogP contribution is 2.28. The monoisotopic (exact) mass is 166 g/mol. The lowest BCUT2D eigenvalue weighted by Gasteiger charge is -2.25. The highest BCUT2D eigenvalue weighted by Gasteiger charge is 2.26. The highest BCUT2D eigenvalue weighted by atomic mass is 16.1. The van der Waals surface area contributed by atoms with E-state index in [4.69, 9.17) is 0 Å². The molecule has 0 aromatic heterocycles. The molecule has 0 heterocycles. The van der Waals surface area contributed by atoms with Crippen molar-refractivity contribution in [1.82, 2.24) is 0 Å². The van der Waals surface area contributed by atoms with Crippen molar-refractivity contribution in [3.05, 3.63) is 12.7 Å². The van der Waals surface area contributed by atoms with Gasteiger partial charge in [0.15, 0.2) is 0 Å². The van der Waals surface area contributed by atoms with E-state index in [9.17, 15) is 4.79 Å². The standard InChI is InChI=1S/C11H18O/c1-3-6-9(2)10-7-4-5-8-11(10)12/h3,9-10H,1,4-8H2,2H3. The number of allylic oxidation sites excluding steroid dienone is 1. The molecule has 2 unspecified atom stereocenters. The van der Waals surface area contributed by atoms with Crippen LogP contribution < -0.4 is 0 Å². The van der Waals surface area contributed by atoms with Gasteiger partial charge in [0.2, 0.25) is 0 Å². The van der Waals surface area contributed by atoms with Gasteiger partial charge in [-0.25, -0.2) is 0 Å². The van der Waals surface area contributed by atoms with Crippen LogP contribution in [0, 0.1) is 11.8 Å². The summed E-state index contributed by atoms with van der Waals surface area (Å²) in [6.45, 7) is 5.87. The van der Waals surface area contributed by atoms with E-state index in [1.807, 2.05) is 6.08 Å². The van der Waals surface area contributed by atoms with E-state index >= 15 is 0 Å². The van der Waals surface area contributed by atoms with E-state index in [2.05, 4.69) is 13.5 Å². The lowest BCUT2D eigenvalue weighted by atomic mass is 9.78. The Morgan fingerprint density at radius 2 is 2.42 bits per heavy atom. The molecular weight excluding hydrogens is 148 g/mol. The molecule has 12 heavy (non-hydrogen) atoms. The molecule has 0 aromatic rings. The van der Waals surface area contributed by atoms with Crippen molar-refractivity contribution < 1.29 is 4.79 Å². The van der Waals surface area contributed by atoms with Gasteiger partial charge in [0.05, 0.1) is 0 Å². The van der Waals surface area contributed by atoms with Gasteiger partial charge < -0.3 is 0 Å². The van der Waals surface area contributed by atoms with Gasteiger partial charge >= 0.3 is 0 Å². The number of hydrogen-bond acceptors (Lipinski definition) is 1. The molecule has 1 rings (SSSR count). The van der Waals surface area contributed by atoms with Crippen molar-refractivity contribution >= 4 is 5.78 Å². The number of hydrogen-bond donors (Lipinski definition) is 0. The Bertz CT molecular complexity index is 172. The summed E-state index contributed by atoms with van der Waals surface area (Å²) in [5, 5.41) is 0. The lowest BCUT2D eigenvalue weighted by molar-refractivity contribution is -0.126. The van der Waals surface area contributed by atoms with E-state index in [0.717, 1.165) is 25.7 Å². The zero-order valence-corrected chi connectivity index (χ0v) is 7.88. The second-order valence-electron chi connectivity index (χ2n) is 3.82. The number of ketones is 1. The molecule has 1 aliphatic rings. The second-order valence-corrected chi connectivity index (χ2v) is 3.82. The first kappa shape index (κ1) is 9.50. The quantitative estimate of drug-likeness (QED) is 0.589. The van der Waals surface area contributed by atoms with Crippen LogP contribution in [0.2, 0.25) is 0 Å². The van der Waals surface area contributed by atoms with Crippen LogP contribution in [0.1, 0.15) is 39.0 Å². The van der Waals surface area contributed by atoms with E-state index in [-0.39, 0.29) is 0 Å². The van der Waals surface area contributed by atoms with Crippen molar-refractivity contribution in [2.75, 3.05) is 0 Å². The molecule has 1 aliphatic carbocycles. The molecule has 2 atom stereocenters. The average Bonchev–Trinajstić information content (AvgIpc) is 2.05. The van der Waals surface area contributed by atoms with Gasteiger partial charge in [-0.15, -0.1) is 6.58 Å². The maximum Gasteiger partial charge on any atom is 0.136 e. The molecule has 0 aliphatic heterocycles. The number of Topliss-reactive ketones (excluding diaryl/α,β-unsaturated/α-hetero) is 1. The summed E-state index contributed by atoms with van der Waals surface area (Å²) in [5.74, 6) is 1.32. The Balaban J connectivity index is 2.47. The van der Waals surface area contributed by atoms with Crippen molar-refractivity contribution in [1.29, 1.82) is 0 Å². The minimum atomic E-state index is 0.330. The van der Waals surface area contributed by atoms with E-state index in [1.54, 1.807) is 0 Å². The van der Waals surface area contributed by atoms with Crippen LogP contribution in [0.15, 0.2) is 12.7 Å². The van der Waals surface area contributed by atoms with Crippen molar-refractivity contribution in [3.8, 4) is 0 Å². The molecule has 1 saturated carbocycles. The molecular formula is C11H18O. The zero-order chi connectivity index (χ0) is 8.97. The van der Waals surface area contributed by atoms with Gasteiger partial charge in [0.1, 0.15) is 5.78 Å². The maximum atomic E-state index is 11.5.